The summed E-state index contributed by atoms with van der Waals surface area (Å²) in [4.78, 5) is 4.08. The van der Waals surface area contributed by atoms with E-state index in [1.165, 1.54) is 6.20 Å². The van der Waals surface area contributed by atoms with Crippen LogP contribution in [0.15, 0.2) is 10.8 Å². The molecule has 0 aromatic carbocycles. The van der Waals surface area contributed by atoms with Crippen molar-refractivity contribution < 1.29 is 4.39 Å². The first-order valence-electron chi connectivity index (χ1n) is 4.15. The van der Waals surface area contributed by atoms with Gasteiger partial charge in [-0.05, 0) is 28.3 Å². The Hall–Kier alpha value is -0.440. The van der Waals surface area contributed by atoms with Gasteiger partial charge in [-0.2, -0.15) is 0 Å². The van der Waals surface area contributed by atoms with Crippen LogP contribution in [0.3, 0.4) is 0 Å². The van der Waals surface area contributed by atoms with Crippen molar-refractivity contribution in [2.24, 2.45) is 0 Å². The second kappa shape index (κ2) is 3.37. The van der Waals surface area contributed by atoms with Crippen molar-refractivity contribution in [3.05, 3.63) is 27.7 Å². The van der Waals surface area contributed by atoms with Gasteiger partial charge in [-0.1, -0.05) is 20.8 Å². The summed E-state index contributed by atoms with van der Waals surface area (Å²) < 4.78 is 14.3. The lowest BCUT2D eigenvalue weighted by molar-refractivity contribution is 0.511. The average Bonchev–Trinajstić information content (AvgIpc) is 1.95. The zero-order valence-corrected chi connectivity index (χ0v) is 9.87. The molecule has 0 aliphatic carbocycles. The molecule has 0 saturated carbocycles. The highest BCUT2D eigenvalue weighted by Crippen LogP contribution is 2.31. The standard InChI is InChI=1S/C10H13BrFN/c1-6-5-13-9(11)7(8(6)12)10(2,3)4/h5H,1-4H3. The number of rotatable bonds is 0. The number of aromatic nitrogens is 1. The van der Waals surface area contributed by atoms with Crippen LogP contribution in [-0.4, -0.2) is 4.98 Å². The van der Waals surface area contributed by atoms with E-state index in [1.807, 2.05) is 20.8 Å². The van der Waals surface area contributed by atoms with Gasteiger partial charge < -0.3 is 0 Å². The normalized spacial score (nSPS) is 11.8. The summed E-state index contributed by atoms with van der Waals surface area (Å²) in [6.45, 7) is 7.63. The van der Waals surface area contributed by atoms with Crippen LogP contribution < -0.4 is 0 Å². The summed E-state index contributed by atoms with van der Waals surface area (Å²) in [6, 6.07) is 0. The lowest BCUT2D eigenvalue weighted by atomic mass is 9.87. The summed E-state index contributed by atoms with van der Waals surface area (Å²) >= 11 is 3.27. The molecule has 72 valence electrons. The second-order valence-corrected chi connectivity index (χ2v) is 4.92. The van der Waals surface area contributed by atoms with E-state index in [-0.39, 0.29) is 11.2 Å². The molecule has 0 aliphatic heterocycles. The molecular weight excluding hydrogens is 233 g/mol. The zero-order chi connectivity index (χ0) is 10.2. The summed E-state index contributed by atoms with van der Waals surface area (Å²) in [5, 5.41) is 0. The molecule has 1 heterocycles. The van der Waals surface area contributed by atoms with Crippen molar-refractivity contribution in [2.45, 2.75) is 33.1 Å². The summed E-state index contributed by atoms with van der Waals surface area (Å²) in [7, 11) is 0. The minimum Gasteiger partial charge on any atom is -0.249 e. The monoisotopic (exact) mass is 245 g/mol. The third-order valence-electron chi connectivity index (χ3n) is 1.89. The molecule has 13 heavy (non-hydrogen) atoms. The molecule has 0 N–H and O–H groups in total. The van der Waals surface area contributed by atoms with Crippen LogP contribution in [0, 0.1) is 12.7 Å². The Morgan fingerprint density at radius 1 is 1.38 bits per heavy atom. The lowest BCUT2D eigenvalue weighted by Gasteiger charge is -2.21. The number of nitrogens with zero attached hydrogens (tertiary/aromatic N) is 1. The zero-order valence-electron chi connectivity index (χ0n) is 8.28. The molecule has 1 aromatic rings. The molecule has 0 radical (unpaired) electrons. The van der Waals surface area contributed by atoms with Crippen LogP contribution in [0.25, 0.3) is 0 Å². The van der Waals surface area contributed by atoms with Crippen LogP contribution in [-0.2, 0) is 5.41 Å². The van der Waals surface area contributed by atoms with E-state index in [2.05, 4.69) is 20.9 Å². The van der Waals surface area contributed by atoms with Gasteiger partial charge in [0.15, 0.2) is 0 Å². The van der Waals surface area contributed by atoms with Gasteiger partial charge in [0, 0.05) is 17.3 Å². The van der Waals surface area contributed by atoms with Crippen LogP contribution >= 0.6 is 15.9 Å². The average molecular weight is 246 g/mol. The smallest absolute Gasteiger partial charge is 0.134 e. The SMILES string of the molecule is Cc1cnc(Br)c(C(C)(C)C)c1F. The first kappa shape index (κ1) is 10.6. The number of aryl methyl sites for hydroxylation is 1. The molecule has 0 amide bonds. The fourth-order valence-corrected chi connectivity index (χ4v) is 2.07. The van der Waals surface area contributed by atoms with Gasteiger partial charge in [0.2, 0.25) is 0 Å². The minimum absolute atomic E-state index is 0.158. The van der Waals surface area contributed by atoms with E-state index in [9.17, 15) is 4.39 Å². The number of pyridine rings is 1. The van der Waals surface area contributed by atoms with Gasteiger partial charge in [-0.15, -0.1) is 0 Å². The van der Waals surface area contributed by atoms with Gasteiger partial charge in [-0.25, -0.2) is 9.37 Å². The highest BCUT2D eigenvalue weighted by molar-refractivity contribution is 9.10. The molecule has 1 nitrogen and oxygen atoms in total. The predicted octanol–water partition coefficient (Wildman–Crippen LogP) is 3.59. The van der Waals surface area contributed by atoms with E-state index >= 15 is 0 Å². The van der Waals surface area contributed by atoms with Crippen molar-refractivity contribution in [3.8, 4) is 0 Å². The summed E-state index contributed by atoms with van der Waals surface area (Å²) in [5.74, 6) is -0.158. The summed E-state index contributed by atoms with van der Waals surface area (Å²) in [6.07, 6.45) is 1.54. The van der Waals surface area contributed by atoms with Gasteiger partial charge in [0.05, 0.1) is 0 Å². The van der Waals surface area contributed by atoms with Crippen molar-refractivity contribution >= 4 is 15.9 Å². The molecule has 0 fully saturated rings. The Bertz CT molecular complexity index is 328. The maximum absolute atomic E-state index is 13.7. The molecule has 0 saturated heterocycles. The van der Waals surface area contributed by atoms with E-state index < -0.39 is 0 Å². The second-order valence-electron chi connectivity index (χ2n) is 4.17. The maximum Gasteiger partial charge on any atom is 0.134 e. The molecule has 0 spiro atoms. The third-order valence-corrected chi connectivity index (χ3v) is 2.49. The van der Waals surface area contributed by atoms with E-state index in [0.29, 0.717) is 15.7 Å². The molecular formula is C10H13BrFN. The Balaban J connectivity index is 3.43. The highest BCUT2D eigenvalue weighted by Gasteiger charge is 2.23. The van der Waals surface area contributed by atoms with Gasteiger partial charge >= 0.3 is 0 Å². The lowest BCUT2D eigenvalue weighted by Crippen LogP contribution is -2.16. The highest BCUT2D eigenvalue weighted by atomic mass is 79.9. The fourth-order valence-electron chi connectivity index (χ4n) is 1.20. The number of hydrogen-bond acceptors (Lipinski definition) is 1. The van der Waals surface area contributed by atoms with Crippen molar-refractivity contribution in [1.29, 1.82) is 0 Å². The van der Waals surface area contributed by atoms with Crippen molar-refractivity contribution in [1.82, 2.24) is 4.98 Å². The van der Waals surface area contributed by atoms with Crippen LogP contribution in [0.1, 0.15) is 31.9 Å². The number of hydrogen-bond donors (Lipinski definition) is 0. The maximum atomic E-state index is 13.7. The topological polar surface area (TPSA) is 12.9 Å². The summed E-state index contributed by atoms with van der Waals surface area (Å²) in [5.41, 5.74) is 1.02. The predicted molar refractivity (Wildman–Crippen MR) is 55.3 cm³/mol. The minimum atomic E-state index is -0.220. The van der Waals surface area contributed by atoms with Crippen molar-refractivity contribution in [2.75, 3.05) is 0 Å². The molecule has 1 aromatic heterocycles. The van der Waals surface area contributed by atoms with E-state index in [0.717, 1.165) is 0 Å². The van der Waals surface area contributed by atoms with Gasteiger partial charge in [0.1, 0.15) is 10.4 Å². The van der Waals surface area contributed by atoms with Crippen LogP contribution in [0.2, 0.25) is 0 Å². The number of halogens is 2. The molecule has 0 aliphatic rings. The largest absolute Gasteiger partial charge is 0.249 e. The Morgan fingerprint density at radius 3 is 2.31 bits per heavy atom. The quantitative estimate of drug-likeness (QED) is 0.637. The Kier molecular flexibility index (Phi) is 2.76. The first-order chi connectivity index (χ1) is 5.84. The first-order valence-corrected chi connectivity index (χ1v) is 4.94. The Morgan fingerprint density at radius 2 is 1.92 bits per heavy atom. The fraction of sp³-hybridized carbons (Fsp3) is 0.500. The Labute approximate surface area is 86.5 Å². The van der Waals surface area contributed by atoms with Crippen LogP contribution in [0.4, 0.5) is 4.39 Å². The third kappa shape index (κ3) is 2.08. The molecule has 1 rings (SSSR count). The van der Waals surface area contributed by atoms with E-state index in [4.69, 9.17) is 0 Å². The van der Waals surface area contributed by atoms with Gasteiger partial charge in [0.25, 0.3) is 0 Å². The molecule has 0 bridgehead atoms. The molecule has 0 unspecified atom stereocenters. The molecule has 0 atom stereocenters. The molecule has 3 heteroatoms. The van der Waals surface area contributed by atoms with Gasteiger partial charge in [-0.3, -0.25) is 0 Å². The van der Waals surface area contributed by atoms with Crippen molar-refractivity contribution in [3.63, 3.8) is 0 Å². The van der Waals surface area contributed by atoms with Crippen LogP contribution in [0.5, 0.6) is 0 Å². The van der Waals surface area contributed by atoms with E-state index in [1.54, 1.807) is 6.92 Å².